The summed E-state index contributed by atoms with van der Waals surface area (Å²) >= 11 is 0. The molecule has 0 aromatic rings. The first-order valence-corrected chi connectivity index (χ1v) is 5.81. The van der Waals surface area contributed by atoms with Crippen LogP contribution in [0, 0.1) is 11.8 Å². The summed E-state index contributed by atoms with van der Waals surface area (Å²) in [5, 5.41) is 12.4. The Hall–Kier alpha value is -1.06. The van der Waals surface area contributed by atoms with Crippen molar-refractivity contribution in [2.45, 2.75) is 44.2 Å². The van der Waals surface area contributed by atoms with Gasteiger partial charge in [-0.05, 0) is 32.1 Å². The van der Waals surface area contributed by atoms with E-state index in [9.17, 15) is 4.79 Å². The number of carbonyl (C=O) groups is 1. The summed E-state index contributed by atoms with van der Waals surface area (Å²) in [4.78, 5) is 15.6. The van der Waals surface area contributed by atoms with Gasteiger partial charge in [-0.3, -0.25) is 9.79 Å². The Morgan fingerprint density at radius 3 is 2.80 bits per heavy atom. The standard InChI is InChI=1S/C11H16N2O2/c14-11(15)7-3-4-8-9(5-7)13-10(12-8)6-1-2-6/h6-9H,1-5H2,(H,12,13)(H,14,15). The van der Waals surface area contributed by atoms with Gasteiger partial charge in [-0.2, -0.15) is 0 Å². The van der Waals surface area contributed by atoms with Crippen LogP contribution in [0.1, 0.15) is 32.1 Å². The van der Waals surface area contributed by atoms with Gasteiger partial charge in [0, 0.05) is 5.92 Å². The number of amidine groups is 1. The molecule has 2 N–H and O–H groups in total. The molecular formula is C11H16N2O2. The van der Waals surface area contributed by atoms with Gasteiger partial charge in [0.05, 0.1) is 18.0 Å². The van der Waals surface area contributed by atoms with Crippen molar-refractivity contribution in [2.75, 3.05) is 0 Å². The smallest absolute Gasteiger partial charge is 0.306 e. The third-order valence-corrected chi connectivity index (χ3v) is 3.77. The van der Waals surface area contributed by atoms with E-state index >= 15 is 0 Å². The Balaban J connectivity index is 1.67. The van der Waals surface area contributed by atoms with Crippen LogP contribution < -0.4 is 5.32 Å². The van der Waals surface area contributed by atoms with E-state index in [4.69, 9.17) is 5.11 Å². The molecule has 2 saturated carbocycles. The van der Waals surface area contributed by atoms with Crippen LogP contribution in [0.2, 0.25) is 0 Å². The van der Waals surface area contributed by atoms with Gasteiger partial charge in [-0.25, -0.2) is 0 Å². The van der Waals surface area contributed by atoms with Crippen LogP contribution >= 0.6 is 0 Å². The highest BCUT2D eigenvalue weighted by Gasteiger charge is 2.41. The summed E-state index contributed by atoms with van der Waals surface area (Å²) in [6.07, 6.45) is 4.99. The highest BCUT2D eigenvalue weighted by molar-refractivity contribution is 5.88. The zero-order valence-corrected chi connectivity index (χ0v) is 8.65. The lowest BCUT2D eigenvalue weighted by molar-refractivity contribution is -0.143. The molecule has 0 aromatic heterocycles. The van der Waals surface area contributed by atoms with E-state index in [1.165, 1.54) is 12.8 Å². The van der Waals surface area contributed by atoms with Crippen molar-refractivity contribution in [1.29, 1.82) is 0 Å². The molecule has 2 aliphatic carbocycles. The van der Waals surface area contributed by atoms with Gasteiger partial charge in [-0.15, -0.1) is 0 Å². The van der Waals surface area contributed by atoms with E-state index in [-0.39, 0.29) is 5.92 Å². The van der Waals surface area contributed by atoms with E-state index in [1.807, 2.05) is 0 Å². The summed E-state index contributed by atoms with van der Waals surface area (Å²) in [5.41, 5.74) is 0. The summed E-state index contributed by atoms with van der Waals surface area (Å²) in [5.74, 6) is 1.03. The number of carboxylic acids is 1. The first-order valence-electron chi connectivity index (χ1n) is 5.81. The molecule has 0 bridgehead atoms. The summed E-state index contributed by atoms with van der Waals surface area (Å²) in [6, 6.07) is 0.659. The molecule has 1 aliphatic heterocycles. The Morgan fingerprint density at radius 1 is 1.33 bits per heavy atom. The maximum Gasteiger partial charge on any atom is 0.306 e. The van der Waals surface area contributed by atoms with Crippen LogP contribution in [0.25, 0.3) is 0 Å². The van der Waals surface area contributed by atoms with Crippen molar-refractivity contribution in [1.82, 2.24) is 5.32 Å². The fraction of sp³-hybridized carbons (Fsp3) is 0.818. The Bertz CT molecular complexity index is 323. The van der Waals surface area contributed by atoms with Crippen molar-refractivity contribution >= 4 is 11.8 Å². The summed E-state index contributed by atoms with van der Waals surface area (Å²) < 4.78 is 0. The molecule has 3 atom stereocenters. The fourth-order valence-corrected chi connectivity index (χ4v) is 2.67. The second-order valence-electron chi connectivity index (χ2n) is 4.96. The Morgan fingerprint density at radius 2 is 2.13 bits per heavy atom. The minimum Gasteiger partial charge on any atom is -0.481 e. The number of aliphatic imine (C=N–C) groups is 1. The molecule has 4 heteroatoms. The monoisotopic (exact) mass is 208 g/mol. The van der Waals surface area contributed by atoms with Crippen molar-refractivity contribution in [2.24, 2.45) is 16.8 Å². The molecule has 3 aliphatic rings. The molecular weight excluding hydrogens is 192 g/mol. The fourth-order valence-electron chi connectivity index (χ4n) is 2.67. The zero-order chi connectivity index (χ0) is 10.4. The van der Waals surface area contributed by atoms with Crippen LogP contribution in [0.5, 0.6) is 0 Å². The average molecular weight is 208 g/mol. The Kier molecular flexibility index (Phi) is 1.97. The number of rotatable bonds is 2. The van der Waals surface area contributed by atoms with Crippen molar-refractivity contribution in [3.8, 4) is 0 Å². The second-order valence-corrected chi connectivity index (χ2v) is 4.96. The molecule has 3 unspecified atom stereocenters. The third-order valence-electron chi connectivity index (χ3n) is 3.77. The molecule has 3 rings (SSSR count). The van der Waals surface area contributed by atoms with E-state index in [2.05, 4.69) is 10.3 Å². The molecule has 0 spiro atoms. The number of fused-ring (bicyclic) bond motifs is 1. The molecule has 15 heavy (non-hydrogen) atoms. The SMILES string of the molecule is O=C(O)C1CCC2N=C(C3CC3)NC2C1. The van der Waals surface area contributed by atoms with Crippen molar-refractivity contribution in [3.63, 3.8) is 0 Å². The van der Waals surface area contributed by atoms with E-state index in [0.717, 1.165) is 25.1 Å². The second kappa shape index (κ2) is 3.22. The molecule has 4 nitrogen and oxygen atoms in total. The number of nitrogens with one attached hydrogen (secondary N) is 1. The predicted molar refractivity (Wildman–Crippen MR) is 55.8 cm³/mol. The topological polar surface area (TPSA) is 61.7 Å². The highest BCUT2D eigenvalue weighted by Crippen LogP contribution is 2.36. The van der Waals surface area contributed by atoms with Crippen LogP contribution in [0.15, 0.2) is 4.99 Å². The molecule has 82 valence electrons. The quantitative estimate of drug-likeness (QED) is 0.712. The maximum absolute atomic E-state index is 10.9. The summed E-state index contributed by atoms with van der Waals surface area (Å²) in [7, 11) is 0. The Labute approximate surface area is 88.8 Å². The average Bonchev–Trinajstić information content (AvgIpc) is 2.97. The predicted octanol–water partition coefficient (Wildman–Crippen LogP) is 1.02. The molecule has 2 fully saturated rings. The van der Waals surface area contributed by atoms with Crippen LogP contribution in [-0.2, 0) is 4.79 Å². The number of carboxylic acid groups (broad SMARTS) is 1. The number of aliphatic carboxylic acids is 1. The molecule has 0 saturated heterocycles. The van der Waals surface area contributed by atoms with E-state index < -0.39 is 5.97 Å². The summed E-state index contributed by atoms with van der Waals surface area (Å²) in [6.45, 7) is 0. The van der Waals surface area contributed by atoms with Gasteiger partial charge in [0.25, 0.3) is 0 Å². The van der Waals surface area contributed by atoms with Crippen LogP contribution in [-0.4, -0.2) is 29.0 Å². The molecule has 0 aromatic carbocycles. The first-order chi connectivity index (χ1) is 7.24. The lowest BCUT2D eigenvalue weighted by Gasteiger charge is -2.28. The number of hydrogen-bond acceptors (Lipinski definition) is 3. The van der Waals surface area contributed by atoms with E-state index in [0.29, 0.717) is 18.0 Å². The van der Waals surface area contributed by atoms with Gasteiger partial charge < -0.3 is 10.4 Å². The normalized spacial score (nSPS) is 39.2. The van der Waals surface area contributed by atoms with Crippen LogP contribution in [0.3, 0.4) is 0 Å². The van der Waals surface area contributed by atoms with Gasteiger partial charge in [0.15, 0.2) is 0 Å². The minimum atomic E-state index is -0.643. The minimum absolute atomic E-state index is 0.160. The molecule has 1 heterocycles. The molecule has 0 amide bonds. The lowest BCUT2D eigenvalue weighted by atomic mass is 9.83. The van der Waals surface area contributed by atoms with E-state index in [1.54, 1.807) is 0 Å². The third kappa shape index (κ3) is 1.62. The number of nitrogens with zero attached hydrogens (tertiary/aromatic N) is 1. The highest BCUT2D eigenvalue weighted by atomic mass is 16.4. The molecule has 0 radical (unpaired) electrons. The van der Waals surface area contributed by atoms with Gasteiger partial charge in [0.1, 0.15) is 5.84 Å². The lowest BCUT2D eigenvalue weighted by Crippen LogP contribution is -2.41. The van der Waals surface area contributed by atoms with Crippen molar-refractivity contribution in [3.05, 3.63) is 0 Å². The maximum atomic E-state index is 10.9. The van der Waals surface area contributed by atoms with Gasteiger partial charge in [0.2, 0.25) is 0 Å². The van der Waals surface area contributed by atoms with Gasteiger partial charge >= 0.3 is 5.97 Å². The number of hydrogen-bond donors (Lipinski definition) is 2. The zero-order valence-electron chi connectivity index (χ0n) is 8.65. The van der Waals surface area contributed by atoms with Crippen molar-refractivity contribution < 1.29 is 9.90 Å². The first kappa shape index (κ1) is 9.19. The van der Waals surface area contributed by atoms with Crippen LogP contribution in [0.4, 0.5) is 0 Å². The van der Waals surface area contributed by atoms with Gasteiger partial charge in [-0.1, -0.05) is 0 Å². The largest absolute Gasteiger partial charge is 0.481 e.